The van der Waals surface area contributed by atoms with E-state index >= 15 is 0 Å². The molecule has 0 spiro atoms. The van der Waals surface area contributed by atoms with E-state index < -0.39 is 5.97 Å². The third kappa shape index (κ3) is 3.01. The lowest BCUT2D eigenvalue weighted by molar-refractivity contribution is -0.142. The van der Waals surface area contributed by atoms with Crippen molar-refractivity contribution in [3.05, 3.63) is 29.8 Å². The van der Waals surface area contributed by atoms with E-state index in [2.05, 4.69) is 29.6 Å². The molecule has 1 saturated carbocycles. The van der Waals surface area contributed by atoms with Crippen LogP contribution in [0.4, 0.5) is 0 Å². The minimum Gasteiger partial charge on any atom is -0.481 e. The summed E-state index contributed by atoms with van der Waals surface area (Å²) in [6, 6.07) is 9.18. The second-order valence-corrected chi connectivity index (χ2v) is 6.90. The number of carbonyl (C=O) groups is 1. The largest absolute Gasteiger partial charge is 0.481 e. The third-order valence-corrected chi connectivity index (χ3v) is 5.78. The molecule has 1 unspecified atom stereocenters. The molecule has 1 heterocycles. The third-order valence-electron chi connectivity index (χ3n) is 4.53. The van der Waals surface area contributed by atoms with Crippen LogP contribution in [-0.2, 0) is 4.79 Å². The summed E-state index contributed by atoms with van der Waals surface area (Å²) in [5, 5.41) is 12.7. The lowest BCUT2D eigenvalue weighted by Crippen LogP contribution is -2.37. The predicted molar refractivity (Wildman–Crippen MR) is 81.3 cm³/mol. The van der Waals surface area contributed by atoms with Gasteiger partial charge in [0.05, 0.1) is 5.92 Å². The van der Waals surface area contributed by atoms with E-state index in [1.165, 1.54) is 10.5 Å². The molecule has 108 valence electrons. The number of hydrogen-bond donors (Lipinski definition) is 2. The maximum atomic E-state index is 10.9. The van der Waals surface area contributed by atoms with Crippen LogP contribution in [0.2, 0.25) is 0 Å². The zero-order valence-electron chi connectivity index (χ0n) is 11.5. The van der Waals surface area contributed by atoms with Crippen LogP contribution in [-0.4, -0.2) is 29.4 Å². The number of carboxylic acid groups (broad SMARTS) is 1. The van der Waals surface area contributed by atoms with Crippen molar-refractivity contribution in [2.45, 2.75) is 42.5 Å². The van der Waals surface area contributed by atoms with E-state index in [4.69, 9.17) is 5.11 Å². The molecule has 20 heavy (non-hydrogen) atoms. The zero-order chi connectivity index (χ0) is 13.9. The molecular weight excluding hydrogens is 270 g/mol. The Hall–Kier alpha value is -1.00. The van der Waals surface area contributed by atoms with Gasteiger partial charge in [0.25, 0.3) is 0 Å². The van der Waals surface area contributed by atoms with Crippen molar-refractivity contribution < 1.29 is 9.90 Å². The lowest BCUT2D eigenvalue weighted by Gasteiger charge is -2.28. The van der Waals surface area contributed by atoms with Gasteiger partial charge in [0.2, 0.25) is 0 Å². The SMILES string of the molecule is O=C(O)C1CCC(NCC2CSc3ccccc32)CC1. The van der Waals surface area contributed by atoms with E-state index in [9.17, 15) is 4.79 Å². The van der Waals surface area contributed by atoms with Gasteiger partial charge in [-0.25, -0.2) is 0 Å². The average Bonchev–Trinajstić information content (AvgIpc) is 2.89. The molecule has 1 aromatic rings. The summed E-state index contributed by atoms with van der Waals surface area (Å²) < 4.78 is 0. The summed E-state index contributed by atoms with van der Waals surface area (Å²) in [6.07, 6.45) is 3.64. The minimum atomic E-state index is -0.621. The van der Waals surface area contributed by atoms with Gasteiger partial charge >= 0.3 is 5.97 Å². The molecular formula is C16H21NO2S. The maximum Gasteiger partial charge on any atom is 0.306 e. The first-order chi connectivity index (χ1) is 9.74. The van der Waals surface area contributed by atoms with Crippen molar-refractivity contribution >= 4 is 17.7 Å². The molecule has 2 N–H and O–H groups in total. The quantitative estimate of drug-likeness (QED) is 0.895. The molecule has 3 nitrogen and oxygen atoms in total. The Morgan fingerprint density at radius 3 is 2.75 bits per heavy atom. The predicted octanol–water partition coefficient (Wildman–Crippen LogP) is 3.11. The number of fused-ring (bicyclic) bond motifs is 1. The van der Waals surface area contributed by atoms with Crippen LogP contribution in [0.15, 0.2) is 29.2 Å². The highest BCUT2D eigenvalue weighted by molar-refractivity contribution is 7.99. The van der Waals surface area contributed by atoms with Gasteiger partial charge in [-0.2, -0.15) is 0 Å². The number of rotatable bonds is 4. The van der Waals surface area contributed by atoms with Crippen molar-refractivity contribution in [2.75, 3.05) is 12.3 Å². The van der Waals surface area contributed by atoms with Crippen molar-refractivity contribution in [3.8, 4) is 0 Å². The summed E-state index contributed by atoms with van der Waals surface area (Å²) in [6.45, 7) is 1.02. The van der Waals surface area contributed by atoms with Gasteiger partial charge in [-0.05, 0) is 37.3 Å². The van der Waals surface area contributed by atoms with Crippen LogP contribution in [0.25, 0.3) is 0 Å². The highest BCUT2D eigenvalue weighted by Crippen LogP contribution is 2.39. The molecule has 0 amide bonds. The zero-order valence-corrected chi connectivity index (χ0v) is 12.4. The maximum absolute atomic E-state index is 10.9. The number of hydrogen-bond acceptors (Lipinski definition) is 3. The van der Waals surface area contributed by atoms with Crippen LogP contribution in [0.1, 0.15) is 37.2 Å². The number of carboxylic acids is 1. The van der Waals surface area contributed by atoms with Crippen molar-refractivity contribution in [1.82, 2.24) is 5.32 Å². The first-order valence-corrected chi connectivity index (χ1v) is 8.40. The Kier molecular flexibility index (Phi) is 4.32. The highest BCUT2D eigenvalue weighted by atomic mass is 32.2. The monoisotopic (exact) mass is 291 g/mol. The van der Waals surface area contributed by atoms with E-state index in [0.717, 1.165) is 38.0 Å². The van der Waals surface area contributed by atoms with Crippen LogP contribution in [0.5, 0.6) is 0 Å². The van der Waals surface area contributed by atoms with Crippen LogP contribution in [0.3, 0.4) is 0 Å². The van der Waals surface area contributed by atoms with Crippen molar-refractivity contribution in [1.29, 1.82) is 0 Å². The second-order valence-electron chi connectivity index (χ2n) is 5.84. The summed E-state index contributed by atoms with van der Waals surface area (Å²) in [4.78, 5) is 12.4. The fraction of sp³-hybridized carbons (Fsp3) is 0.562. The molecule has 0 aromatic heterocycles. The number of thioether (sulfide) groups is 1. The Morgan fingerprint density at radius 1 is 1.25 bits per heavy atom. The number of benzene rings is 1. The van der Waals surface area contributed by atoms with Gasteiger partial charge in [-0.1, -0.05) is 18.2 Å². The molecule has 1 fully saturated rings. The molecule has 0 radical (unpaired) electrons. The fourth-order valence-corrected chi connectivity index (χ4v) is 4.51. The second kappa shape index (κ2) is 6.19. The van der Waals surface area contributed by atoms with Crippen LogP contribution < -0.4 is 5.32 Å². The van der Waals surface area contributed by atoms with Gasteiger partial charge in [0.1, 0.15) is 0 Å². The van der Waals surface area contributed by atoms with Gasteiger partial charge in [0, 0.05) is 29.2 Å². The van der Waals surface area contributed by atoms with Crippen molar-refractivity contribution in [3.63, 3.8) is 0 Å². The van der Waals surface area contributed by atoms with Gasteiger partial charge < -0.3 is 10.4 Å². The lowest BCUT2D eigenvalue weighted by atomic mass is 9.86. The number of nitrogens with one attached hydrogen (secondary N) is 1. The van der Waals surface area contributed by atoms with Crippen LogP contribution >= 0.6 is 11.8 Å². The Bertz CT molecular complexity index is 483. The molecule has 1 aromatic carbocycles. The van der Waals surface area contributed by atoms with Gasteiger partial charge in [0.15, 0.2) is 0 Å². The summed E-state index contributed by atoms with van der Waals surface area (Å²) in [5.74, 6) is 1.03. The molecule has 1 atom stereocenters. The molecule has 0 saturated heterocycles. The highest BCUT2D eigenvalue weighted by Gasteiger charge is 2.27. The first kappa shape index (κ1) is 14.0. The molecule has 1 aliphatic heterocycles. The van der Waals surface area contributed by atoms with E-state index in [-0.39, 0.29) is 5.92 Å². The standard InChI is InChI=1S/C16H21NO2S/c18-16(19)11-5-7-13(8-6-11)17-9-12-10-20-15-4-2-1-3-14(12)15/h1-4,11-13,17H,5-10H2,(H,18,19). The van der Waals surface area contributed by atoms with Crippen LogP contribution in [0, 0.1) is 5.92 Å². The summed E-state index contributed by atoms with van der Waals surface area (Å²) in [5.41, 5.74) is 1.48. The Labute approximate surface area is 124 Å². The van der Waals surface area contributed by atoms with Crippen molar-refractivity contribution in [2.24, 2.45) is 5.92 Å². The molecule has 0 bridgehead atoms. The molecule has 1 aliphatic carbocycles. The first-order valence-electron chi connectivity index (χ1n) is 7.42. The van der Waals surface area contributed by atoms with Gasteiger partial charge in [-0.15, -0.1) is 11.8 Å². The molecule has 2 aliphatic rings. The average molecular weight is 291 g/mol. The smallest absolute Gasteiger partial charge is 0.306 e. The van der Waals surface area contributed by atoms with E-state index in [0.29, 0.717) is 12.0 Å². The molecule has 3 rings (SSSR count). The van der Waals surface area contributed by atoms with Gasteiger partial charge in [-0.3, -0.25) is 4.79 Å². The summed E-state index contributed by atoms with van der Waals surface area (Å²) >= 11 is 1.95. The minimum absolute atomic E-state index is 0.115. The number of aliphatic carboxylic acids is 1. The molecule has 4 heteroatoms. The summed E-state index contributed by atoms with van der Waals surface area (Å²) in [7, 11) is 0. The normalized spacial score (nSPS) is 29.1. The van der Waals surface area contributed by atoms with E-state index in [1.54, 1.807) is 0 Å². The Morgan fingerprint density at radius 2 is 2.00 bits per heavy atom. The fourth-order valence-electron chi connectivity index (χ4n) is 3.25. The Balaban J connectivity index is 1.48. The van der Waals surface area contributed by atoms with E-state index in [1.807, 2.05) is 11.8 Å². The topological polar surface area (TPSA) is 49.3 Å².